The van der Waals surface area contributed by atoms with E-state index in [9.17, 15) is 0 Å². The van der Waals surface area contributed by atoms with E-state index in [1.54, 1.807) is 6.20 Å². The molecule has 0 bridgehead atoms. The van der Waals surface area contributed by atoms with Crippen LogP contribution in [0, 0.1) is 0 Å². The van der Waals surface area contributed by atoms with Gasteiger partial charge in [-0.25, -0.2) is 9.97 Å². The highest BCUT2D eigenvalue weighted by molar-refractivity contribution is 7.99. The van der Waals surface area contributed by atoms with Crippen LogP contribution in [-0.4, -0.2) is 52.6 Å². The van der Waals surface area contributed by atoms with Gasteiger partial charge in [-0.15, -0.1) is 0 Å². The van der Waals surface area contributed by atoms with Crippen LogP contribution >= 0.6 is 23.4 Å². The van der Waals surface area contributed by atoms with Crippen molar-refractivity contribution in [2.75, 3.05) is 43.0 Å². The van der Waals surface area contributed by atoms with E-state index in [4.69, 9.17) is 11.6 Å². The molecular weight excluding hydrogens is 244 g/mol. The summed E-state index contributed by atoms with van der Waals surface area (Å²) in [4.78, 5) is 10.4. The van der Waals surface area contributed by atoms with E-state index < -0.39 is 0 Å². The first-order valence-corrected chi connectivity index (χ1v) is 6.89. The third-order valence-electron chi connectivity index (χ3n) is 2.49. The van der Waals surface area contributed by atoms with Gasteiger partial charge in [0.15, 0.2) is 0 Å². The molecule has 2 rings (SSSR count). The van der Waals surface area contributed by atoms with E-state index in [1.807, 2.05) is 11.8 Å². The molecule has 0 aliphatic carbocycles. The first-order chi connectivity index (χ1) is 7.86. The second-order valence-corrected chi connectivity index (χ2v) is 5.23. The average molecular weight is 259 g/mol. The molecule has 4 nitrogen and oxygen atoms in total. The van der Waals surface area contributed by atoms with E-state index in [1.165, 1.54) is 30.9 Å². The number of hydrogen-bond acceptors (Lipinski definition) is 5. The monoisotopic (exact) mass is 258 g/mol. The van der Waals surface area contributed by atoms with Gasteiger partial charge in [0.2, 0.25) is 0 Å². The fourth-order valence-electron chi connectivity index (χ4n) is 1.60. The standard InChI is InChI=1S/C10H15ClN4S/c11-9-7-12-8-14-10(9)13-1-2-15-3-5-16-6-4-15/h7-8H,1-6H2,(H,12,13,14). The number of nitrogens with zero attached hydrogens (tertiary/aromatic N) is 3. The lowest BCUT2D eigenvalue weighted by molar-refractivity contribution is 0.314. The normalized spacial score (nSPS) is 17.3. The maximum absolute atomic E-state index is 5.94. The summed E-state index contributed by atoms with van der Waals surface area (Å²) in [6, 6.07) is 0. The van der Waals surface area contributed by atoms with Gasteiger partial charge in [0, 0.05) is 37.7 Å². The van der Waals surface area contributed by atoms with Crippen LogP contribution in [0.2, 0.25) is 5.02 Å². The molecule has 0 radical (unpaired) electrons. The van der Waals surface area contributed by atoms with Gasteiger partial charge >= 0.3 is 0 Å². The van der Waals surface area contributed by atoms with Crippen LogP contribution in [0.5, 0.6) is 0 Å². The third kappa shape index (κ3) is 3.50. The molecule has 2 heterocycles. The Balaban J connectivity index is 1.73. The van der Waals surface area contributed by atoms with Gasteiger partial charge in [-0.05, 0) is 0 Å². The smallest absolute Gasteiger partial charge is 0.148 e. The number of aromatic nitrogens is 2. The summed E-state index contributed by atoms with van der Waals surface area (Å²) in [7, 11) is 0. The molecule has 0 saturated carbocycles. The zero-order valence-corrected chi connectivity index (χ0v) is 10.6. The van der Waals surface area contributed by atoms with Crippen molar-refractivity contribution < 1.29 is 0 Å². The number of rotatable bonds is 4. The van der Waals surface area contributed by atoms with Crippen molar-refractivity contribution in [1.29, 1.82) is 0 Å². The van der Waals surface area contributed by atoms with Gasteiger partial charge in [-0.2, -0.15) is 11.8 Å². The average Bonchev–Trinajstić information content (AvgIpc) is 2.33. The Morgan fingerprint density at radius 1 is 1.44 bits per heavy atom. The zero-order valence-electron chi connectivity index (χ0n) is 9.03. The van der Waals surface area contributed by atoms with Gasteiger partial charge in [0.05, 0.1) is 6.20 Å². The van der Waals surface area contributed by atoms with Crippen molar-refractivity contribution in [3.8, 4) is 0 Å². The molecule has 0 spiro atoms. The van der Waals surface area contributed by atoms with Gasteiger partial charge < -0.3 is 5.32 Å². The molecule has 1 aliphatic rings. The van der Waals surface area contributed by atoms with E-state index in [-0.39, 0.29) is 0 Å². The Hall–Kier alpha value is -0.520. The number of thioether (sulfide) groups is 1. The molecular formula is C10H15ClN4S. The maximum Gasteiger partial charge on any atom is 0.148 e. The fraction of sp³-hybridized carbons (Fsp3) is 0.600. The Morgan fingerprint density at radius 3 is 3.00 bits per heavy atom. The number of nitrogens with one attached hydrogen (secondary N) is 1. The van der Waals surface area contributed by atoms with E-state index >= 15 is 0 Å². The van der Waals surface area contributed by atoms with Crippen molar-refractivity contribution in [2.24, 2.45) is 0 Å². The van der Waals surface area contributed by atoms with Crippen LogP contribution in [0.15, 0.2) is 12.5 Å². The van der Waals surface area contributed by atoms with Crippen molar-refractivity contribution >= 4 is 29.2 Å². The summed E-state index contributed by atoms with van der Waals surface area (Å²) < 4.78 is 0. The van der Waals surface area contributed by atoms with E-state index in [0.29, 0.717) is 5.02 Å². The van der Waals surface area contributed by atoms with Crippen LogP contribution in [0.1, 0.15) is 0 Å². The summed E-state index contributed by atoms with van der Waals surface area (Å²) in [5, 5.41) is 3.81. The largest absolute Gasteiger partial charge is 0.367 e. The van der Waals surface area contributed by atoms with Crippen molar-refractivity contribution in [2.45, 2.75) is 0 Å². The highest BCUT2D eigenvalue weighted by Gasteiger charge is 2.09. The predicted molar refractivity (Wildman–Crippen MR) is 69.3 cm³/mol. The molecule has 0 aromatic carbocycles. The van der Waals surface area contributed by atoms with Crippen LogP contribution in [-0.2, 0) is 0 Å². The number of halogens is 1. The van der Waals surface area contributed by atoms with Crippen LogP contribution in [0.25, 0.3) is 0 Å². The summed E-state index contributed by atoms with van der Waals surface area (Å²) in [5.41, 5.74) is 0. The van der Waals surface area contributed by atoms with Crippen molar-refractivity contribution in [1.82, 2.24) is 14.9 Å². The minimum atomic E-state index is 0.580. The number of anilines is 1. The predicted octanol–water partition coefficient (Wildman–Crippen LogP) is 1.59. The summed E-state index contributed by atoms with van der Waals surface area (Å²) in [6.45, 7) is 4.29. The Morgan fingerprint density at radius 2 is 2.25 bits per heavy atom. The van der Waals surface area contributed by atoms with Gasteiger partial charge in [-0.3, -0.25) is 4.90 Å². The topological polar surface area (TPSA) is 41.1 Å². The summed E-state index contributed by atoms with van der Waals surface area (Å²) >= 11 is 7.97. The third-order valence-corrected chi connectivity index (χ3v) is 3.71. The number of hydrogen-bond donors (Lipinski definition) is 1. The lowest BCUT2D eigenvalue weighted by Gasteiger charge is -2.26. The quantitative estimate of drug-likeness (QED) is 0.888. The van der Waals surface area contributed by atoms with Gasteiger partial charge in [0.25, 0.3) is 0 Å². The minimum absolute atomic E-state index is 0.580. The maximum atomic E-state index is 5.94. The molecule has 88 valence electrons. The second-order valence-electron chi connectivity index (χ2n) is 3.60. The zero-order chi connectivity index (χ0) is 11.2. The van der Waals surface area contributed by atoms with E-state index in [0.717, 1.165) is 18.9 Å². The Bertz CT molecular complexity index is 330. The molecule has 16 heavy (non-hydrogen) atoms. The lowest BCUT2D eigenvalue weighted by atomic mass is 10.4. The molecule has 1 aliphatic heterocycles. The molecule has 1 fully saturated rings. The Kier molecular flexibility index (Phi) is 4.69. The molecule has 1 N–H and O–H groups in total. The van der Waals surface area contributed by atoms with Crippen LogP contribution in [0.3, 0.4) is 0 Å². The fourth-order valence-corrected chi connectivity index (χ4v) is 2.75. The van der Waals surface area contributed by atoms with Crippen molar-refractivity contribution in [3.05, 3.63) is 17.5 Å². The van der Waals surface area contributed by atoms with Crippen LogP contribution in [0.4, 0.5) is 5.82 Å². The highest BCUT2D eigenvalue weighted by atomic mass is 35.5. The molecule has 0 atom stereocenters. The molecule has 1 aromatic heterocycles. The minimum Gasteiger partial charge on any atom is -0.367 e. The van der Waals surface area contributed by atoms with E-state index in [2.05, 4.69) is 20.2 Å². The first-order valence-electron chi connectivity index (χ1n) is 5.36. The summed E-state index contributed by atoms with van der Waals surface area (Å²) in [5.74, 6) is 3.21. The molecule has 0 amide bonds. The lowest BCUT2D eigenvalue weighted by Crippen LogP contribution is -2.36. The Labute approximate surface area is 105 Å². The van der Waals surface area contributed by atoms with Crippen molar-refractivity contribution in [3.63, 3.8) is 0 Å². The molecule has 0 unspecified atom stereocenters. The SMILES string of the molecule is Clc1cncnc1NCCN1CCSCC1. The van der Waals surface area contributed by atoms with Gasteiger partial charge in [0.1, 0.15) is 17.2 Å². The van der Waals surface area contributed by atoms with Gasteiger partial charge in [-0.1, -0.05) is 11.6 Å². The first kappa shape index (κ1) is 12.0. The molecule has 1 aromatic rings. The highest BCUT2D eigenvalue weighted by Crippen LogP contribution is 2.15. The van der Waals surface area contributed by atoms with Crippen LogP contribution < -0.4 is 5.32 Å². The molecule has 6 heteroatoms. The second kappa shape index (κ2) is 6.27. The molecule has 1 saturated heterocycles. The summed E-state index contributed by atoms with van der Waals surface area (Å²) in [6.07, 6.45) is 3.11.